The summed E-state index contributed by atoms with van der Waals surface area (Å²) in [6.07, 6.45) is 6.16. The molecule has 2 unspecified atom stereocenters. The second-order valence-electron chi connectivity index (χ2n) is 6.86. The van der Waals surface area contributed by atoms with Gasteiger partial charge in [0.05, 0.1) is 17.1 Å². The van der Waals surface area contributed by atoms with E-state index in [0.717, 1.165) is 37.0 Å². The first kappa shape index (κ1) is 15.0. The van der Waals surface area contributed by atoms with E-state index in [1.54, 1.807) is 0 Å². The van der Waals surface area contributed by atoms with Crippen molar-refractivity contribution in [3.05, 3.63) is 34.7 Å². The number of hydrogen-bond donors (Lipinski definition) is 1. The summed E-state index contributed by atoms with van der Waals surface area (Å²) in [6.45, 7) is 2.11. The molecule has 2 fully saturated rings. The molecule has 0 spiro atoms. The van der Waals surface area contributed by atoms with E-state index in [4.69, 9.17) is 4.74 Å². The summed E-state index contributed by atoms with van der Waals surface area (Å²) in [5.41, 5.74) is 2.00. The molecule has 23 heavy (non-hydrogen) atoms. The highest BCUT2D eigenvalue weighted by Crippen LogP contribution is 2.31. The minimum atomic E-state index is 0.0280. The van der Waals surface area contributed by atoms with E-state index in [0.29, 0.717) is 18.2 Å². The number of ether oxygens (including phenoxy) is 1. The normalized spacial score (nSPS) is 27.0. The Morgan fingerprint density at radius 2 is 1.91 bits per heavy atom. The first-order chi connectivity index (χ1) is 11.3. The topological polar surface area (TPSA) is 50.3 Å². The van der Waals surface area contributed by atoms with Crippen LogP contribution in [0.25, 0.3) is 11.0 Å². The average molecular weight is 315 g/mol. The number of imidazole rings is 1. The molecule has 1 aliphatic heterocycles. The number of nitrogens with zero attached hydrogens (tertiary/aromatic N) is 2. The maximum absolute atomic E-state index is 12.3. The number of likely N-dealkylation sites (tertiary alicyclic amines) is 1. The number of methoxy groups -OCH3 is 1. The first-order valence-electron chi connectivity index (χ1n) is 8.74. The highest BCUT2D eigenvalue weighted by Gasteiger charge is 2.34. The summed E-state index contributed by atoms with van der Waals surface area (Å²) in [6, 6.07) is 8.86. The highest BCUT2D eigenvalue weighted by atomic mass is 16.5. The van der Waals surface area contributed by atoms with E-state index in [-0.39, 0.29) is 5.69 Å². The van der Waals surface area contributed by atoms with Gasteiger partial charge in [0.15, 0.2) is 0 Å². The van der Waals surface area contributed by atoms with Crippen molar-refractivity contribution in [1.82, 2.24) is 14.5 Å². The zero-order valence-electron chi connectivity index (χ0n) is 13.7. The van der Waals surface area contributed by atoms with Gasteiger partial charge in [-0.15, -0.1) is 0 Å². The third-order valence-electron chi connectivity index (χ3n) is 5.68. The maximum Gasteiger partial charge on any atom is 0.326 e. The first-order valence-corrected chi connectivity index (χ1v) is 8.74. The molecule has 0 radical (unpaired) electrons. The summed E-state index contributed by atoms with van der Waals surface area (Å²) < 4.78 is 7.62. The smallest absolute Gasteiger partial charge is 0.326 e. The summed E-state index contributed by atoms with van der Waals surface area (Å²) >= 11 is 0. The number of para-hydroxylation sites is 2. The Hall–Kier alpha value is -1.59. The Morgan fingerprint density at radius 3 is 2.70 bits per heavy atom. The van der Waals surface area contributed by atoms with E-state index in [2.05, 4.69) is 9.88 Å². The van der Waals surface area contributed by atoms with Crippen molar-refractivity contribution in [3.8, 4) is 0 Å². The molecule has 1 aromatic carbocycles. The molecule has 1 N–H and O–H groups in total. The number of aromatic nitrogens is 2. The van der Waals surface area contributed by atoms with Crippen molar-refractivity contribution in [3.63, 3.8) is 0 Å². The third kappa shape index (κ3) is 2.62. The van der Waals surface area contributed by atoms with Crippen molar-refractivity contribution in [2.24, 2.45) is 0 Å². The Balaban J connectivity index is 1.51. The van der Waals surface area contributed by atoms with Gasteiger partial charge in [0.1, 0.15) is 0 Å². The van der Waals surface area contributed by atoms with Crippen LogP contribution in [0.5, 0.6) is 0 Å². The number of piperidine rings is 1. The molecule has 1 aromatic heterocycles. The molecule has 5 nitrogen and oxygen atoms in total. The number of hydrogen-bond acceptors (Lipinski definition) is 3. The molecule has 2 aromatic rings. The minimum Gasteiger partial charge on any atom is -0.380 e. The number of rotatable bonds is 3. The standard InChI is InChI=1S/C18H25N3O2/c1-23-17-8-4-7-16(17)20-11-9-13(10-12-20)21-15-6-3-2-5-14(15)19-18(21)22/h2-3,5-6,13,16-17H,4,7-12H2,1H3,(H,19,22). The quantitative estimate of drug-likeness (QED) is 0.947. The molecular formula is C18H25N3O2. The SMILES string of the molecule is COC1CCCC1N1CCC(n2c(=O)[nH]c3ccccc32)CC1. The Labute approximate surface area is 136 Å². The van der Waals surface area contributed by atoms with Crippen molar-refractivity contribution in [2.45, 2.75) is 50.3 Å². The summed E-state index contributed by atoms with van der Waals surface area (Å²) in [4.78, 5) is 17.9. The van der Waals surface area contributed by atoms with Crippen molar-refractivity contribution >= 4 is 11.0 Å². The van der Waals surface area contributed by atoms with Crippen LogP contribution in [0.4, 0.5) is 0 Å². The molecular weight excluding hydrogens is 290 g/mol. The van der Waals surface area contributed by atoms with Gasteiger partial charge in [-0.3, -0.25) is 9.47 Å². The molecule has 124 valence electrons. The van der Waals surface area contributed by atoms with Gasteiger partial charge < -0.3 is 9.72 Å². The molecule has 5 heteroatoms. The molecule has 4 rings (SSSR count). The van der Waals surface area contributed by atoms with Crippen molar-refractivity contribution < 1.29 is 4.74 Å². The van der Waals surface area contributed by atoms with Crippen molar-refractivity contribution in [2.75, 3.05) is 20.2 Å². The third-order valence-corrected chi connectivity index (χ3v) is 5.68. The predicted octanol–water partition coefficient (Wildman–Crippen LogP) is 2.53. The molecule has 0 amide bonds. The van der Waals surface area contributed by atoms with Gasteiger partial charge in [-0.25, -0.2) is 4.79 Å². The summed E-state index contributed by atoms with van der Waals surface area (Å²) in [5, 5.41) is 0. The van der Waals surface area contributed by atoms with Crippen LogP contribution in [-0.4, -0.2) is 46.8 Å². The van der Waals surface area contributed by atoms with Crippen LogP contribution in [-0.2, 0) is 4.74 Å². The van der Waals surface area contributed by atoms with Crippen LogP contribution in [0, 0.1) is 0 Å². The number of H-pyrrole nitrogens is 1. The van der Waals surface area contributed by atoms with Gasteiger partial charge in [-0.2, -0.15) is 0 Å². The number of fused-ring (bicyclic) bond motifs is 1. The van der Waals surface area contributed by atoms with E-state index in [1.165, 1.54) is 19.3 Å². The van der Waals surface area contributed by atoms with E-state index >= 15 is 0 Å². The number of nitrogens with one attached hydrogen (secondary N) is 1. The van der Waals surface area contributed by atoms with Crippen LogP contribution in [0.3, 0.4) is 0 Å². The van der Waals surface area contributed by atoms with Gasteiger partial charge in [0, 0.05) is 32.3 Å². The van der Waals surface area contributed by atoms with E-state index in [1.807, 2.05) is 35.9 Å². The lowest BCUT2D eigenvalue weighted by atomic mass is 10.0. The van der Waals surface area contributed by atoms with Crippen LogP contribution in [0.2, 0.25) is 0 Å². The summed E-state index contributed by atoms with van der Waals surface area (Å²) in [5.74, 6) is 0. The Bertz CT molecular complexity index is 727. The Kier molecular flexibility index (Phi) is 3.99. The zero-order chi connectivity index (χ0) is 15.8. The molecule has 2 aliphatic rings. The second-order valence-corrected chi connectivity index (χ2v) is 6.86. The molecule has 1 saturated carbocycles. The van der Waals surface area contributed by atoms with Crippen LogP contribution in [0.15, 0.2) is 29.1 Å². The zero-order valence-corrected chi connectivity index (χ0v) is 13.7. The van der Waals surface area contributed by atoms with Gasteiger partial charge >= 0.3 is 5.69 Å². The second kappa shape index (κ2) is 6.13. The molecule has 1 saturated heterocycles. The fourth-order valence-corrected chi connectivity index (χ4v) is 4.51. The van der Waals surface area contributed by atoms with E-state index in [9.17, 15) is 4.79 Å². The lowest BCUT2D eigenvalue weighted by Gasteiger charge is -2.38. The largest absolute Gasteiger partial charge is 0.380 e. The lowest BCUT2D eigenvalue weighted by molar-refractivity contribution is 0.0194. The molecule has 1 aliphatic carbocycles. The van der Waals surface area contributed by atoms with Gasteiger partial charge in [-0.05, 0) is 44.2 Å². The van der Waals surface area contributed by atoms with Gasteiger partial charge in [-0.1, -0.05) is 12.1 Å². The van der Waals surface area contributed by atoms with Crippen LogP contribution >= 0.6 is 0 Å². The monoisotopic (exact) mass is 315 g/mol. The van der Waals surface area contributed by atoms with Gasteiger partial charge in [0.25, 0.3) is 0 Å². The minimum absolute atomic E-state index is 0.0280. The molecule has 0 bridgehead atoms. The van der Waals surface area contributed by atoms with Crippen LogP contribution < -0.4 is 5.69 Å². The number of benzene rings is 1. The number of aromatic amines is 1. The lowest BCUT2D eigenvalue weighted by Crippen LogP contribution is -2.46. The molecule has 2 atom stereocenters. The van der Waals surface area contributed by atoms with Gasteiger partial charge in [0.2, 0.25) is 0 Å². The fraction of sp³-hybridized carbons (Fsp3) is 0.611. The predicted molar refractivity (Wildman–Crippen MR) is 90.8 cm³/mol. The van der Waals surface area contributed by atoms with Crippen LogP contribution in [0.1, 0.15) is 38.1 Å². The Morgan fingerprint density at radius 1 is 1.13 bits per heavy atom. The van der Waals surface area contributed by atoms with Crippen molar-refractivity contribution in [1.29, 1.82) is 0 Å². The highest BCUT2D eigenvalue weighted by molar-refractivity contribution is 5.75. The summed E-state index contributed by atoms with van der Waals surface area (Å²) in [7, 11) is 1.83. The van der Waals surface area contributed by atoms with E-state index < -0.39 is 0 Å². The maximum atomic E-state index is 12.3. The average Bonchev–Trinajstić information content (AvgIpc) is 3.18. The fourth-order valence-electron chi connectivity index (χ4n) is 4.51. The molecule has 2 heterocycles.